The molecule has 1 saturated heterocycles. The molecule has 5 nitrogen and oxygen atoms in total. The van der Waals surface area contributed by atoms with Crippen molar-refractivity contribution in [3.63, 3.8) is 0 Å². The van der Waals surface area contributed by atoms with Crippen molar-refractivity contribution >= 4 is 34.4 Å². The van der Waals surface area contributed by atoms with Crippen LogP contribution in [0.2, 0.25) is 0 Å². The first-order valence-electron chi connectivity index (χ1n) is 5.95. The third-order valence-electron chi connectivity index (χ3n) is 3.46. The van der Waals surface area contributed by atoms with Crippen molar-refractivity contribution in [1.82, 2.24) is 14.5 Å². The number of fused-ring (bicyclic) bond motifs is 1. The summed E-state index contributed by atoms with van der Waals surface area (Å²) in [6, 6.07) is 6.98. The van der Waals surface area contributed by atoms with Crippen LogP contribution >= 0.6 is 11.6 Å². The molecule has 0 saturated carbocycles. The lowest BCUT2D eigenvalue weighted by Crippen LogP contribution is -2.27. The minimum absolute atomic E-state index is 0.166. The molecule has 1 aromatic carbocycles. The molecule has 19 heavy (non-hydrogen) atoms. The third-order valence-corrected chi connectivity index (χ3v) is 3.70. The van der Waals surface area contributed by atoms with Gasteiger partial charge in [0.15, 0.2) is 0 Å². The molecule has 1 aliphatic rings. The first-order valence-corrected chi connectivity index (χ1v) is 6.49. The van der Waals surface area contributed by atoms with Gasteiger partial charge in [0.25, 0.3) is 5.91 Å². The number of para-hydroxylation sites is 2. The maximum absolute atomic E-state index is 12.1. The van der Waals surface area contributed by atoms with Crippen LogP contribution in [0.3, 0.4) is 0 Å². The Morgan fingerprint density at radius 2 is 2.11 bits per heavy atom. The second-order valence-electron chi connectivity index (χ2n) is 4.53. The van der Waals surface area contributed by atoms with Crippen LogP contribution in [0.4, 0.5) is 0 Å². The van der Waals surface area contributed by atoms with E-state index in [4.69, 9.17) is 11.6 Å². The number of carbonyl (C=O) groups excluding carboxylic acids is 2. The van der Waals surface area contributed by atoms with Crippen LogP contribution in [0.25, 0.3) is 11.0 Å². The van der Waals surface area contributed by atoms with Crippen molar-refractivity contribution in [1.29, 1.82) is 0 Å². The zero-order valence-electron chi connectivity index (χ0n) is 10.3. The summed E-state index contributed by atoms with van der Waals surface area (Å²) in [7, 11) is 1.50. The number of imidazole rings is 1. The normalized spacial score (nSPS) is 19.7. The van der Waals surface area contributed by atoms with Crippen molar-refractivity contribution in [3.05, 3.63) is 30.1 Å². The molecule has 2 amide bonds. The van der Waals surface area contributed by atoms with Gasteiger partial charge in [0.2, 0.25) is 5.91 Å². The van der Waals surface area contributed by atoms with E-state index in [1.807, 2.05) is 24.3 Å². The maximum Gasteiger partial charge on any atom is 0.252 e. The van der Waals surface area contributed by atoms with E-state index < -0.39 is 6.04 Å². The summed E-state index contributed by atoms with van der Waals surface area (Å²) in [6.45, 7) is 0. The number of aromatic nitrogens is 2. The van der Waals surface area contributed by atoms with Gasteiger partial charge in [-0.3, -0.25) is 14.5 Å². The Labute approximate surface area is 114 Å². The molecule has 2 aromatic rings. The summed E-state index contributed by atoms with van der Waals surface area (Å²) in [5, 5.41) is 0. The van der Waals surface area contributed by atoms with Gasteiger partial charge in [-0.25, -0.2) is 4.98 Å². The summed E-state index contributed by atoms with van der Waals surface area (Å²) in [6.07, 6.45) is 0.166. The number of halogens is 1. The second-order valence-corrected chi connectivity index (χ2v) is 4.80. The molecule has 0 N–H and O–H groups in total. The van der Waals surface area contributed by atoms with E-state index >= 15 is 0 Å². The van der Waals surface area contributed by atoms with Crippen molar-refractivity contribution in [3.8, 4) is 0 Å². The predicted molar refractivity (Wildman–Crippen MR) is 70.7 cm³/mol. The predicted octanol–water partition coefficient (Wildman–Crippen LogP) is 1.70. The van der Waals surface area contributed by atoms with Gasteiger partial charge in [-0.05, 0) is 12.1 Å². The molecule has 1 fully saturated rings. The lowest BCUT2D eigenvalue weighted by atomic mass is 10.2. The fraction of sp³-hybridized carbons (Fsp3) is 0.308. The molecule has 0 bridgehead atoms. The van der Waals surface area contributed by atoms with E-state index in [2.05, 4.69) is 4.98 Å². The number of amides is 2. The van der Waals surface area contributed by atoms with Crippen LogP contribution in [-0.4, -0.2) is 33.3 Å². The van der Waals surface area contributed by atoms with Crippen LogP contribution in [0.15, 0.2) is 24.3 Å². The smallest absolute Gasteiger partial charge is 0.252 e. The SMILES string of the molecule is CN1C(=O)CC(n2c(CCl)nc3ccccc32)C1=O. The van der Waals surface area contributed by atoms with Crippen LogP contribution in [0.1, 0.15) is 18.3 Å². The van der Waals surface area contributed by atoms with E-state index in [9.17, 15) is 9.59 Å². The van der Waals surface area contributed by atoms with Crippen molar-refractivity contribution < 1.29 is 9.59 Å². The van der Waals surface area contributed by atoms with E-state index in [0.29, 0.717) is 5.82 Å². The number of nitrogens with zero attached hydrogens (tertiary/aromatic N) is 3. The highest BCUT2D eigenvalue weighted by molar-refractivity contribution is 6.17. The van der Waals surface area contributed by atoms with E-state index in [-0.39, 0.29) is 24.1 Å². The Bertz CT molecular complexity index is 680. The monoisotopic (exact) mass is 277 g/mol. The molecule has 0 aliphatic carbocycles. The molecule has 1 unspecified atom stereocenters. The second kappa shape index (κ2) is 4.35. The van der Waals surface area contributed by atoms with E-state index in [1.165, 1.54) is 7.05 Å². The van der Waals surface area contributed by atoms with Crippen LogP contribution in [0, 0.1) is 0 Å². The molecule has 1 atom stereocenters. The van der Waals surface area contributed by atoms with Gasteiger partial charge >= 0.3 is 0 Å². The number of hydrogen-bond donors (Lipinski definition) is 0. The molecule has 0 radical (unpaired) electrons. The van der Waals surface area contributed by atoms with Gasteiger partial charge in [0, 0.05) is 7.05 Å². The lowest BCUT2D eigenvalue weighted by Gasteiger charge is -2.13. The van der Waals surface area contributed by atoms with Gasteiger partial charge in [-0.1, -0.05) is 12.1 Å². The minimum atomic E-state index is -0.529. The lowest BCUT2D eigenvalue weighted by molar-refractivity contribution is -0.137. The summed E-state index contributed by atoms with van der Waals surface area (Å²) in [5.74, 6) is 0.438. The average molecular weight is 278 g/mol. The van der Waals surface area contributed by atoms with Crippen LogP contribution in [-0.2, 0) is 15.5 Å². The molecule has 3 rings (SSSR count). The molecular weight excluding hydrogens is 266 g/mol. The summed E-state index contributed by atoms with van der Waals surface area (Å²) in [4.78, 5) is 29.4. The van der Waals surface area contributed by atoms with Crippen molar-refractivity contribution in [2.24, 2.45) is 0 Å². The van der Waals surface area contributed by atoms with E-state index in [1.54, 1.807) is 4.57 Å². The summed E-state index contributed by atoms with van der Waals surface area (Å²) < 4.78 is 1.78. The Morgan fingerprint density at radius 1 is 1.37 bits per heavy atom. The number of rotatable bonds is 2. The number of likely N-dealkylation sites (tertiary alicyclic amines) is 1. The van der Waals surface area contributed by atoms with Crippen molar-refractivity contribution in [2.75, 3.05) is 7.05 Å². The molecule has 2 heterocycles. The Balaban J connectivity index is 2.19. The van der Waals surface area contributed by atoms with Gasteiger partial charge in [0.05, 0.1) is 23.3 Å². The summed E-state index contributed by atoms with van der Waals surface area (Å²) in [5.41, 5.74) is 1.62. The van der Waals surface area contributed by atoms with Gasteiger partial charge in [-0.15, -0.1) is 11.6 Å². The highest BCUT2D eigenvalue weighted by Crippen LogP contribution is 2.29. The van der Waals surface area contributed by atoms with Gasteiger partial charge in [0.1, 0.15) is 11.9 Å². The number of likely N-dealkylation sites (N-methyl/N-ethyl adjacent to an activating group) is 1. The topological polar surface area (TPSA) is 55.2 Å². The zero-order chi connectivity index (χ0) is 13.6. The number of carbonyl (C=O) groups is 2. The first-order chi connectivity index (χ1) is 9.13. The third kappa shape index (κ3) is 1.73. The van der Waals surface area contributed by atoms with Gasteiger partial charge < -0.3 is 4.57 Å². The van der Waals surface area contributed by atoms with Gasteiger partial charge in [-0.2, -0.15) is 0 Å². The molecule has 98 valence electrons. The fourth-order valence-electron chi connectivity index (χ4n) is 2.47. The number of benzene rings is 1. The summed E-state index contributed by atoms with van der Waals surface area (Å²) >= 11 is 5.91. The number of imide groups is 1. The zero-order valence-corrected chi connectivity index (χ0v) is 11.1. The highest BCUT2D eigenvalue weighted by Gasteiger charge is 2.38. The number of hydrogen-bond acceptors (Lipinski definition) is 3. The highest BCUT2D eigenvalue weighted by atomic mass is 35.5. The molecule has 0 spiro atoms. The molecular formula is C13H12ClN3O2. The molecule has 1 aliphatic heterocycles. The van der Waals surface area contributed by atoms with E-state index in [0.717, 1.165) is 15.9 Å². The minimum Gasteiger partial charge on any atom is -0.314 e. The van der Waals surface area contributed by atoms with Crippen LogP contribution < -0.4 is 0 Å². The molecule has 6 heteroatoms. The largest absolute Gasteiger partial charge is 0.314 e. The Kier molecular flexibility index (Phi) is 2.78. The quantitative estimate of drug-likeness (QED) is 0.620. The fourth-order valence-corrected chi connectivity index (χ4v) is 2.66. The average Bonchev–Trinajstić information content (AvgIpc) is 2.91. The molecule has 1 aromatic heterocycles. The Hall–Kier alpha value is -1.88. The first kappa shape index (κ1) is 12.2. The van der Waals surface area contributed by atoms with Crippen molar-refractivity contribution in [2.45, 2.75) is 18.3 Å². The number of alkyl halides is 1. The standard InChI is InChI=1S/C13H12ClN3O2/c1-16-12(18)6-10(13(16)19)17-9-5-3-2-4-8(9)15-11(17)7-14/h2-5,10H,6-7H2,1H3. The van der Waals surface area contributed by atoms with Crippen LogP contribution in [0.5, 0.6) is 0 Å². The maximum atomic E-state index is 12.1. The Morgan fingerprint density at radius 3 is 2.74 bits per heavy atom.